The molecule has 0 fully saturated rings. The Hall–Kier alpha value is -1.81. The summed E-state index contributed by atoms with van der Waals surface area (Å²) in [5.74, 6) is 0.142. The summed E-state index contributed by atoms with van der Waals surface area (Å²) in [5.41, 5.74) is 8.64. The van der Waals surface area contributed by atoms with Crippen molar-refractivity contribution in [1.82, 2.24) is 5.32 Å². The van der Waals surface area contributed by atoms with Crippen molar-refractivity contribution in [2.45, 2.75) is 26.3 Å². The van der Waals surface area contributed by atoms with Crippen molar-refractivity contribution in [1.29, 1.82) is 0 Å². The van der Waals surface area contributed by atoms with E-state index in [1.54, 1.807) is 0 Å². The molecule has 0 spiro atoms. The Labute approximate surface area is 108 Å². The van der Waals surface area contributed by atoms with Gasteiger partial charge in [-0.3, -0.25) is 0 Å². The fraction of sp³-hybridized carbons (Fsp3) is 0.357. The average Bonchev–Trinajstić information content (AvgIpc) is 2.39. The van der Waals surface area contributed by atoms with Crippen molar-refractivity contribution in [2.75, 3.05) is 6.54 Å². The number of nitrogens with zero attached hydrogens (tertiary/aromatic N) is 1. The molecule has 0 amide bonds. The van der Waals surface area contributed by atoms with E-state index in [-0.39, 0.29) is 5.84 Å². The summed E-state index contributed by atoms with van der Waals surface area (Å²) in [4.78, 5) is 0. The number of nitrogens with one attached hydrogen (secondary N) is 1. The average molecular weight is 247 g/mol. The van der Waals surface area contributed by atoms with E-state index in [9.17, 15) is 0 Å². The molecule has 0 aliphatic carbocycles. The highest BCUT2D eigenvalue weighted by molar-refractivity contribution is 5.97. The second-order valence-electron chi connectivity index (χ2n) is 4.23. The molecule has 0 saturated heterocycles. The molecule has 0 atom stereocenters. The molecule has 1 rings (SSSR count). The number of unbranched alkanes of at least 4 members (excludes halogenated alkanes) is 1. The van der Waals surface area contributed by atoms with Crippen molar-refractivity contribution in [2.24, 2.45) is 10.9 Å². The lowest BCUT2D eigenvalue weighted by Crippen LogP contribution is -2.17. The standard InChI is InChI=1S/C14H21N3O/c1-3-4-5-8-16-10-13-7-6-12(9-11(13)2)14(15)17-18/h3,6-7,9,16,18H,1,4-5,8,10H2,2H3,(H2,15,17). The second-order valence-corrected chi connectivity index (χ2v) is 4.23. The molecule has 0 aromatic heterocycles. The number of rotatable bonds is 7. The van der Waals surface area contributed by atoms with E-state index in [4.69, 9.17) is 10.9 Å². The van der Waals surface area contributed by atoms with Crippen LogP contribution in [0, 0.1) is 6.92 Å². The predicted molar refractivity (Wildman–Crippen MR) is 74.8 cm³/mol. The summed E-state index contributed by atoms with van der Waals surface area (Å²) in [6, 6.07) is 5.79. The van der Waals surface area contributed by atoms with Gasteiger partial charge in [-0.1, -0.05) is 23.4 Å². The Kier molecular flexibility index (Phi) is 5.94. The topological polar surface area (TPSA) is 70.6 Å². The Morgan fingerprint density at radius 2 is 2.33 bits per heavy atom. The van der Waals surface area contributed by atoms with Gasteiger partial charge in [0.2, 0.25) is 0 Å². The van der Waals surface area contributed by atoms with Crippen LogP contribution in [0.5, 0.6) is 0 Å². The monoisotopic (exact) mass is 247 g/mol. The number of benzene rings is 1. The minimum Gasteiger partial charge on any atom is -0.409 e. The molecule has 4 N–H and O–H groups in total. The molecular formula is C14H21N3O. The summed E-state index contributed by atoms with van der Waals surface area (Å²) in [6.45, 7) is 7.53. The zero-order valence-corrected chi connectivity index (χ0v) is 10.8. The fourth-order valence-electron chi connectivity index (χ4n) is 1.71. The largest absolute Gasteiger partial charge is 0.409 e. The van der Waals surface area contributed by atoms with Crippen LogP contribution in [0.3, 0.4) is 0 Å². The van der Waals surface area contributed by atoms with E-state index in [1.807, 2.05) is 31.2 Å². The van der Waals surface area contributed by atoms with Crippen LogP contribution >= 0.6 is 0 Å². The van der Waals surface area contributed by atoms with Gasteiger partial charge in [0, 0.05) is 12.1 Å². The van der Waals surface area contributed by atoms with Crippen molar-refractivity contribution in [3.8, 4) is 0 Å². The zero-order valence-electron chi connectivity index (χ0n) is 10.8. The Morgan fingerprint density at radius 3 is 2.94 bits per heavy atom. The number of hydrogen-bond donors (Lipinski definition) is 3. The number of amidine groups is 1. The number of nitrogens with two attached hydrogens (primary N) is 1. The number of aryl methyl sites for hydroxylation is 1. The van der Waals surface area contributed by atoms with E-state index in [2.05, 4.69) is 17.1 Å². The molecule has 0 unspecified atom stereocenters. The lowest BCUT2D eigenvalue weighted by atomic mass is 10.0. The van der Waals surface area contributed by atoms with Gasteiger partial charge in [-0.25, -0.2) is 0 Å². The first-order valence-corrected chi connectivity index (χ1v) is 6.08. The highest BCUT2D eigenvalue weighted by Crippen LogP contribution is 2.11. The van der Waals surface area contributed by atoms with Gasteiger partial charge in [0.05, 0.1) is 0 Å². The van der Waals surface area contributed by atoms with Crippen LogP contribution < -0.4 is 11.1 Å². The van der Waals surface area contributed by atoms with Crippen LogP contribution in [0.4, 0.5) is 0 Å². The third kappa shape index (κ3) is 4.22. The molecule has 0 saturated carbocycles. The highest BCUT2D eigenvalue weighted by atomic mass is 16.4. The lowest BCUT2D eigenvalue weighted by molar-refractivity contribution is 0.318. The van der Waals surface area contributed by atoms with Crippen LogP contribution in [-0.2, 0) is 6.54 Å². The summed E-state index contributed by atoms with van der Waals surface area (Å²) in [7, 11) is 0. The minimum atomic E-state index is 0.142. The maximum atomic E-state index is 8.61. The van der Waals surface area contributed by atoms with Crippen LogP contribution in [0.15, 0.2) is 36.0 Å². The first-order valence-electron chi connectivity index (χ1n) is 6.08. The maximum Gasteiger partial charge on any atom is 0.170 e. The third-order valence-electron chi connectivity index (χ3n) is 2.82. The summed E-state index contributed by atoms with van der Waals surface area (Å²) in [6.07, 6.45) is 4.07. The van der Waals surface area contributed by atoms with Crippen LogP contribution in [0.25, 0.3) is 0 Å². The highest BCUT2D eigenvalue weighted by Gasteiger charge is 2.03. The lowest BCUT2D eigenvalue weighted by Gasteiger charge is -2.09. The molecule has 0 aliphatic rings. The quantitative estimate of drug-likeness (QED) is 0.173. The predicted octanol–water partition coefficient (Wildman–Crippen LogP) is 2.15. The Balaban J connectivity index is 2.55. The minimum absolute atomic E-state index is 0.142. The van der Waals surface area contributed by atoms with Gasteiger partial charge in [-0.15, -0.1) is 6.58 Å². The summed E-state index contributed by atoms with van der Waals surface area (Å²) in [5, 5.41) is 15.0. The maximum absolute atomic E-state index is 8.61. The first kappa shape index (κ1) is 14.3. The normalized spacial score (nSPS) is 11.5. The smallest absolute Gasteiger partial charge is 0.170 e. The van der Waals surface area contributed by atoms with Gasteiger partial charge in [-0.05, 0) is 43.5 Å². The zero-order chi connectivity index (χ0) is 13.4. The molecule has 4 heteroatoms. The molecule has 0 heterocycles. The van der Waals surface area contributed by atoms with E-state index >= 15 is 0 Å². The molecule has 98 valence electrons. The van der Waals surface area contributed by atoms with Gasteiger partial charge >= 0.3 is 0 Å². The molecular weight excluding hydrogens is 226 g/mol. The van der Waals surface area contributed by atoms with Crippen LogP contribution in [-0.4, -0.2) is 17.6 Å². The molecule has 1 aromatic rings. The number of hydrogen-bond acceptors (Lipinski definition) is 3. The van der Waals surface area contributed by atoms with Crippen LogP contribution in [0.1, 0.15) is 29.5 Å². The number of oxime groups is 1. The molecule has 4 nitrogen and oxygen atoms in total. The van der Waals surface area contributed by atoms with E-state index in [0.29, 0.717) is 0 Å². The van der Waals surface area contributed by atoms with Gasteiger partial charge in [-0.2, -0.15) is 0 Å². The van der Waals surface area contributed by atoms with E-state index < -0.39 is 0 Å². The van der Waals surface area contributed by atoms with Crippen LogP contribution in [0.2, 0.25) is 0 Å². The van der Waals surface area contributed by atoms with Crippen molar-refractivity contribution >= 4 is 5.84 Å². The van der Waals surface area contributed by atoms with E-state index in [0.717, 1.165) is 37.1 Å². The second kappa shape index (κ2) is 7.50. The molecule has 0 aliphatic heterocycles. The Morgan fingerprint density at radius 1 is 1.56 bits per heavy atom. The van der Waals surface area contributed by atoms with Crippen molar-refractivity contribution < 1.29 is 5.21 Å². The van der Waals surface area contributed by atoms with Crippen molar-refractivity contribution in [3.63, 3.8) is 0 Å². The summed E-state index contributed by atoms with van der Waals surface area (Å²) < 4.78 is 0. The first-order chi connectivity index (χ1) is 8.69. The summed E-state index contributed by atoms with van der Waals surface area (Å²) >= 11 is 0. The number of allylic oxidation sites excluding steroid dienone is 1. The third-order valence-corrected chi connectivity index (χ3v) is 2.82. The van der Waals surface area contributed by atoms with Gasteiger partial charge < -0.3 is 16.3 Å². The Bertz CT molecular complexity index is 427. The molecule has 1 aromatic carbocycles. The van der Waals surface area contributed by atoms with Gasteiger partial charge in [0.15, 0.2) is 5.84 Å². The van der Waals surface area contributed by atoms with Crippen molar-refractivity contribution in [3.05, 3.63) is 47.5 Å². The van der Waals surface area contributed by atoms with E-state index in [1.165, 1.54) is 5.56 Å². The van der Waals surface area contributed by atoms with Gasteiger partial charge in [0.1, 0.15) is 0 Å². The fourth-order valence-corrected chi connectivity index (χ4v) is 1.71. The molecule has 0 radical (unpaired) electrons. The molecule has 18 heavy (non-hydrogen) atoms. The molecule has 0 bridgehead atoms. The van der Waals surface area contributed by atoms with Gasteiger partial charge in [0.25, 0.3) is 0 Å². The SMILES string of the molecule is C=CCCCNCc1ccc(/C(N)=N/O)cc1C.